The Kier molecular flexibility index (Phi) is 10.2. The first-order valence-electron chi connectivity index (χ1n) is 11.8. The Hall–Kier alpha value is -3.29. The molecule has 202 valence electrons. The average Bonchev–Trinajstić information content (AvgIpc) is 3.25. The number of aliphatic imine (C=N–C) groups is 1. The number of ether oxygens (including phenoxy) is 5. The van der Waals surface area contributed by atoms with Crippen LogP contribution in [0.4, 0.5) is 5.13 Å². The van der Waals surface area contributed by atoms with Gasteiger partial charge >= 0.3 is 17.9 Å². The molecule has 5 atom stereocenters. The Morgan fingerprint density at radius 3 is 2.30 bits per heavy atom. The Bertz CT molecular complexity index is 1090. The van der Waals surface area contributed by atoms with Crippen LogP contribution in [-0.4, -0.2) is 79.8 Å². The molecule has 1 aromatic carbocycles. The van der Waals surface area contributed by atoms with Gasteiger partial charge < -0.3 is 34.3 Å². The van der Waals surface area contributed by atoms with Crippen LogP contribution in [0.25, 0.3) is 10.2 Å². The van der Waals surface area contributed by atoms with Crippen molar-refractivity contribution in [2.75, 3.05) is 25.5 Å². The average molecular weight is 537 g/mol. The van der Waals surface area contributed by atoms with Crippen LogP contribution >= 0.6 is 11.3 Å². The zero-order valence-corrected chi connectivity index (χ0v) is 22.2. The van der Waals surface area contributed by atoms with Gasteiger partial charge in [0, 0.05) is 34.4 Å². The van der Waals surface area contributed by atoms with Crippen LogP contribution in [0.1, 0.15) is 34.1 Å². The number of carbonyl (C=O) groups is 3. The zero-order valence-electron chi connectivity index (χ0n) is 21.4. The number of hydrogen-bond acceptors (Lipinski definition) is 11. The summed E-state index contributed by atoms with van der Waals surface area (Å²) >= 11 is 1.48. The molecule has 0 unspecified atom stereocenters. The van der Waals surface area contributed by atoms with Crippen molar-refractivity contribution in [1.82, 2.24) is 10.3 Å². The van der Waals surface area contributed by atoms with Crippen LogP contribution < -0.4 is 10.6 Å². The Morgan fingerprint density at radius 2 is 1.68 bits per heavy atom. The first-order valence-corrected chi connectivity index (χ1v) is 12.6. The number of nitrogens with zero attached hydrogens (tertiary/aromatic N) is 2. The Balaban J connectivity index is 1.89. The smallest absolute Gasteiger partial charge is 0.303 e. The lowest BCUT2D eigenvalue weighted by Gasteiger charge is -2.43. The van der Waals surface area contributed by atoms with Crippen LogP contribution in [0, 0.1) is 0 Å². The fraction of sp³-hybridized carbons (Fsp3) is 0.542. The summed E-state index contributed by atoms with van der Waals surface area (Å²) in [5.41, 5.74) is 0.860. The van der Waals surface area contributed by atoms with Crippen LogP contribution in [0.15, 0.2) is 29.3 Å². The predicted molar refractivity (Wildman–Crippen MR) is 136 cm³/mol. The molecule has 1 saturated heterocycles. The van der Waals surface area contributed by atoms with Crippen molar-refractivity contribution in [3.05, 3.63) is 24.3 Å². The van der Waals surface area contributed by atoms with Gasteiger partial charge in [0.05, 0.1) is 16.8 Å². The maximum Gasteiger partial charge on any atom is 0.303 e. The number of thiazole rings is 1. The molecule has 0 radical (unpaired) electrons. The number of para-hydroxylation sites is 1. The molecule has 1 aliphatic heterocycles. The number of benzene rings is 1. The van der Waals surface area contributed by atoms with E-state index in [1.807, 2.05) is 31.2 Å². The predicted octanol–water partition coefficient (Wildman–Crippen LogP) is 2.23. The molecule has 0 bridgehead atoms. The van der Waals surface area contributed by atoms with Gasteiger partial charge in [0.2, 0.25) is 0 Å². The zero-order chi connectivity index (χ0) is 26.9. The van der Waals surface area contributed by atoms with E-state index in [2.05, 4.69) is 20.6 Å². The van der Waals surface area contributed by atoms with E-state index in [0.717, 1.165) is 16.6 Å². The summed E-state index contributed by atoms with van der Waals surface area (Å²) in [5.74, 6) is -1.49. The fourth-order valence-electron chi connectivity index (χ4n) is 3.78. The molecule has 12 nitrogen and oxygen atoms in total. The number of hydrogen-bond donors (Lipinski definition) is 2. The van der Waals surface area contributed by atoms with Crippen molar-refractivity contribution in [2.45, 2.75) is 64.8 Å². The maximum absolute atomic E-state index is 12.0. The van der Waals surface area contributed by atoms with Gasteiger partial charge in [-0.3, -0.25) is 19.4 Å². The second-order valence-corrected chi connectivity index (χ2v) is 9.26. The quantitative estimate of drug-likeness (QED) is 0.210. The molecular formula is C24H32N4O8S. The third-order valence-electron chi connectivity index (χ3n) is 5.22. The number of esters is 3. The molecule has 0 aliphatic carbocycles. The minimum atomic E-state index is -1.17. The summed E-state index contributed by atoms with van der Waals surface area (Å²) in [6.45, 7) is 6.28. The molecule has 1 aliphatic rings. The molecule has 13 heteroatoms. The second-order valence-electron chi connectivity index (χ2n) is 8.23. The number of nitrogens with one attached hydrogen (secondary N) is 2. The molecule has 2 N–H and O–H groups in total. The monoisotopic (exact) mass is 536 g/mol. The summed E-state index contributed by atoms with van der Waals surface area (Å²) in [7, 11) is 1.36. The van der Waals surface area contributed by atoms with E-state index in [-0.39, 0.29) is 6.54 Å². The normalized spacial score (nSPS) is 23.8. The van der Waals surface area contributed by atoms with Crippen LogP contribution in [0.3, 0.4) is 0 Å². The molecule has 0 amide bonds. The number of anilines is 1. The number of aromatic nitrogens is 1. The maximum atomic E-state index is 12.0. The molecular weight excluding hydrogens is 504 g/mol. The number of carbonyl (C=O) groups excluding carboxylic acids is 3. The standard InChI is InChI=1S/C24H32N4O8S/c1-6-11-25-23(28-24-27-16-9-7-8-10-18(16)37-24)26-12-17-19(33-13(2)29)20(34-14(3)30)21(35-15(4)31)22(32-5)36-17/h7-10,17,19-22H,6,11-12H2,1-5H3,(H2,25,26,27,28)/t17-,19-,20+,21-,22+/m1/s1. The van der Waals surface area contributed by atoms with E-state index in [1.54, 1.807) is 0 Å². The molecule has 37 heavy (non-hydrogen) atoms. The topological polar surface area (TPSA) is 147 Å². The summed E-state index contributed by atoms with van der Waals surface area (Å²) in [6.07, 6.45) is -4.58. The number of methoxy groups -OCH3 is 1. The molecule has 0 saturated carbocycles. The SMILES string of the molecule is CCCNC(=NC[C@H]1O[C@H](OC)[C@H](OC(C)=O)[C@@H](OC(C)=O)[C@@H]1OC(C)=O)Nc1nc2ccccc2s1. The molecule has 2 heterocycles. The van der Waals surface area contributed by atoms with Crippen molar-refractivity contribution in [3.63, 3.8) is 0 Å². The van der Waals surface area contributed by atoms with Crippen molar-refractivity contribution < 1.29 is 38.1 Å². The lowest BCUT2D eigenvalue weighted by molar-refractivity contribution is -0.296. The highest BCUT2D eigenvalue weighted by molar-refractivity contribution is 7.22. The summed E-state index contributed by atoms with van der Waals surface area (Å²) in [5, 5.41) is 7.06. The second kappa shape index (κ2) is 13.3. The van der Waals surface area contributed by atoms with Gasteiger partial charge in [-0.15, -0.1) is 0 Å². The fourth-order valence-corrected chi connectivity index (χ4v) is 4.65. The van der Waals surface area contributed by atoms with Crippen LogP contribution in [-0.2, 0) is 38.1 Å². The molecule has 2 aromatic rings. The third-order valence-corrected chi connectivity index (χ3v) is 6.17. The van der Waals surface area contributed by atoms with E-state index >= 15 is 0 Å². The van der Waals surface area contributed by atoms with Crippen molar-refractivity contribution in [3.8, 4) is 0 Å². The summed E-state index contributed by atoms with van der Waals surface area (Å²) < 4.78 is 28.6. The Morgan fingerprint density at radius 1 is 1.03 bits per heavy atom. The largest absolute Gasteiger partial charge is 0.456 e. The number of rotatable bonds is 9. The van der Waals surface area contributed by atoms with Crippen molar-refractivity contribution in [1.29, 1.82) is 0 Å². The van der Waals surface area contributed by atoms with Gasteiger partial charge in [-0.25, -0.2) is 4.98 Å². The first kappa shape index (κ1) is 28.3. The third kappa shape index (κ3) is 7.84. The van der Waals surface area contributed by atoms with Crippen molar-refractivity contribution in [2.24, 2.45) is 4.99 Å². The van der Waals surface area contributed by atoms with E-state index in [0.29, 0.717) is 17.6 Å². The van der Waals surface area contributed by atoms with Gasteiger partial charge in [0.15, 0.2) is 35.7 Å². The van der Waals surface area contributed by atoms with Gasteiger partial charge in [-0.2, -0.15) is 0 Å². The van der Waals surface area contributed by atoms with E-state index in [4.69, 9.17) is 23.7 Å². The minimum Gasteiger partial charge on any atom is -0.456 e. The number of guanidine groups is 1. The van der Waals surface area contributed by atoms with Crippen molar-refractivity contribution >= 4 is 50.6 Å². The van der Waals surface area contributed by atoms with Crippen LogP contribution in [0.2, 0.25) is 0 Å². The molecule has 3 rings (SSSR count). The summed E-state index contributed by atoms with van der Waals surface area (Å²) in [4.78, 5) is 44.8. The summed E-state index contributed by atoms with van der Waals surface area (Å²) in [6, 6.07) is 7.76. The minimum absolute atomic E-state index is 0.00763. The molecule has 0 spiro atoms. The van der Waals surface area contributed by atoms with Crippen LogP contribution in [0.5, 0.6) is 0 Å². The molecule has 1 fully saturated rings. The van der Waals surface area contributed by atoms with Gasteiger partial charge in [-0.1, -0.05) is 30.4 Å². The highest BCUT2D eigenvalue weighted by atomic mass is 32.1. The van der Waals surface area contributed by atoms with Gasteiger partial charge in [0.1, 0.15) is 6.10 Å². The Labute approximate surface area is 218 Å². The van der Waals surface area contributed by atoms with Gasteiger partial charge in [0.25, 0.3) is 0 Å². The van der Waals surface area contributed by atoms with E-state index in [9.17, 15) is 14.4 Å². The highest BCUT2D eigenvalue weighted by Crippen LogP contribution is 2.30. The first-order chi connectivity index (χ1) is 17.7. The lowest BCUT2D eigenvalue weighted by Crippen LogP contribution is -2.62. The van der Waals surface area contributed by atoms with E-state index in [1.165, 1.54) is 39.2 Å². The van der Waals surface area contributed by atoms with Gasteiger partial charge in [-0.05, 0) is 18.6 Å². The lowest BCUT2D eigenvalue weighted by atomic mass is 9.97. The van der Waals surface area contributed by atoms with E-state index < -0.39 is 48.6 Å². The molecule has 1 aromatic heterocycles. The highest BCUT2D eigenvalue weighted by Gasteiger charge is 2.52. The number of fused-ring (bicyclic) bond motifs is 1.